The summed E-state index contributed by atoms with van der Waals surface area (Å²) < 4.78 is 24.7. The van der Waals surface area contributed by atoms with Crippen LogP contribution in [0.1, 0.15) is 15.9 Å². The fourth-order valence-corrected chi connectivity index (χ4v) is 3.15. The highest BCUT2D eigenvalue weighted by atomic mass is 32.2. The summed E-state index contributed by atoms with van der Waals surface area (Å²) in [6, 6.07) is 9.04. The predicted molar refractivity (Wildman–Crippen MR) is 85.2 cm³/mol. The van der Waals surface area contributed by atoms with Crippen molar-refractivity contribution in [3.8, 4) is 0 Å². The number of carbonyl (C=O) groups is 1. The first-order valence-corrected chi connectivity index (χ1v) is 8.43. The Morgan fingerprint density at radius 2 is 2.00 bits per heavy atom. The fourth-order valence-electron chi connectivity index (χ4n) is 1.82. The molecule has 23 heavy (non-hydrogen) atoms. The molecular weight excluding hydrogens is 316 g/mol. The van der Waals surface area contributed by atoms with Gasteiger partial charge in [0.05, 0.1) is 17.3 Å². The molecule has 0 bridgehead atoms. The van der Waals surface area contributed by atoms with Gasteiger partial charge in [0, 0.05) is 18.0 Å². The Hall–Kier alpha value is -2.51. The molecule has 0 unspecified atom stereocenters. The Balaban J connectivity index is 2.09. The van der Waals surface area contributed by atoms with E-state index in [0.717, 1.165) is 0 Å². The maximum Gasteiger partial charge on any atom is 0.274 e. The molecule has 0 radical (unpaired) electrons. The average molecular weight is 332 g/mol. The smallest absolute Gasteiger partial charge is 0.269 e. The number of carbonyl (C=O) groups excluding carboxylic acids is 1. The minimum atomic E-state index is -3.49. The lowest BCUT2D eigenvalue weighted by molar-refractivity contribution is 0.0421. The van der Waals surface area contributed by atoms with Crippen LogP contribution in [0.15, 0.2) is 66.3 Å². The summed E-state index contributed by atoms with van der Waals surface area (Å²) in [5.74, 6) is -0.600. The molecule has 0 aliphatic rings. The molecule has 1 amide bonds. The molecule has 0 spiro atoms. The van der Waals surface area contributed by atoms with Gasteiger partial charge in [0.25, 0.3) is 5.91 Å². The maximum absolute atomic E-state index is 12.3. The largest absolute Gasteiger partial charge is 0.274 e. The molecule has 0 saturated carbocycles. The normalized spacial score (nSPS) is 11.0. The number of nitrogens with one attached hydrogen (secondary N) is 1. The molecule has 0 saturated heterocycles. The third-order valence-electron chi connectivity index (χ3n) is 2.92. The second-order valence-electron chi connectivity index (χ2n) is 4.68. The van der Waals surface area contributed by atoms with Gasteiger partial charge in [0.1, 0.15) is 0 Å². The second kappa shape index (κ2) is 7.66. The zero-order chi connectivity index (χ0) is 16.7. The topological polar surface area (TPSA) is 85.4 Å². The Bertz CT molecular complexity index is 771. The van der Waals surface area contributed by atoms with Crippen LogP contribution >= 0.6 is 0 Å². The van der Waals surface area contributed by atoms with Gasteiger partial charge in [-0.1, -0.05) is 12.1 Å². The average Bonchev–Trinajstić information content (AvgIpc) is 2.55. The van der Waals surface area contributed by atoms with E-state index in [1.807, 2.05) is 0 Å². The highest BCUT2D eigenvalue weighted by Gasteiger charge is 2.16. The number of hydrogen-bond donors (Lipinski definition) is 1. The molecule has 1 N–H and O–H groups in total. The molecule has 2 rings (SSSR count). The molecule has 120 valence electrons. The van der Waals surface area contributed by atoms with Gasteiger partial charge in [-0.25, -0.2) is 13.9 Å². The zero-order valence-electron chi connectivity index (χ0n) is 12.3. The summed E-state index contributed by atoms with van der Waals surface area (Å²) in [7, 11) is -3.49. The standard InChI is InChI=1S/C16H16N2O4S/c1-2-10-22-18-16(19)14-5-7-15(8-6-14)23(20,21)12-13-4-3-9-17-11-13/h2-9,11H,1,10,12H2,(H,18,19). The summed E-state index contributed by atoms with van der Waals surface area (Å²) in [6.45, 7) is 3.64. The number of nitrogens with zero attached hydrogens (tertiary/aromatic N) is 1. The lowest BCUT2D eigenvalue weighted by Gasteiger charge is -2.07. The van der Waals surface area contributed by atoms with Gasteiger partial charge in [0.15, 0.2) is 9.84 Å². The van der Waals surface area contributed by atoms with E-state index in [9.17, 15) is 13.2 Å². The first kappa shape index (κ1) is 16.9. The monoisotopic (exact) mass is 332 g/mol. The van der Waals surface area contributed by atoms with Crippen LogP contribution in [0.2, 0.25) is 0 Å². The fraction of sp³-hybridized carbons (Fsp3) is 0.125. The number of benzene rings is 1. The van der Waals surface area contributed by atoms with E-state index in [2.05, 4.69) is 17.0 Å². The van der Waals surface area contributed by atoms with Crippen LogP contribution < -0.4 is 5.48 Å². The van der Waals surface area contributed by atoms with Crippen LogP contribution in [0.3, 0.4) is 0 Å². The van der Waals surface area contributed by atoms with Crippen molar-refractivity contribution in [3.05, 3.63) is 72.6 Å². The molecule has 1 heterocycles. The van der Waals surface area contributed by atoms with E-state index < -0.39 is 15.7 Å². The van der Waals surface area contributed by atoms with Crippen LogP contribution in [0.5, 0.6) is 0 Å². The van der Waals surface area contributed by atoms with Gasteiger partial charge in [-0.3, -0.25) is 14.6 Å². The number of aromatic nitrogens is 1. The minimum absolute atomic E-state index is 0.143. The lowest BCUT2D eigenvalue weighted by Crippen LogP contribution is -2.23. The van der Waals surface area contributed by atoms with Gasteiger partial charge < -0.3 is 0 Å². The summed E-state index contributed by atoms with van der Waals surface area (Å²) in [5.41, 5.74) is 3.13. The molecule has 7 heteroatoms. The van der Waals surface area contributed by atoms with Crippen LogP contribution in [0.4, 0.5) is 0 Å². The summed E-state index contributed by atoms with van der Waals surface area (Å²) in [6.07, 6.45) is 4.59. The van der Waals surface area contributed by atoms with Gasteiger partial charge in [-0.15, -0.1) is 6.58 Å². The number of hydrogen-bond acceptors (Lipinski definition) is 5. The van der Waals surface area contributed by atoms with E-state index in [-0.39, 0.29) is 17.3 Å². The van der Waals surface area contributed by atoms with E-state index in [1.54, 1.807) is 18.3 Å². The van der Waals surface area contributed by atoms with Crippen molar-refractivity contribution < 1.29 is 18.0 Å². The van der Waals surface area contributed by atoms with E-state index >= 15 is 0 Å². The van der Waals surface area contributed by atoms with Crippen LogP contribution in [-0.4, -0.2) is 25.9 Å². The lowest BCUT2D eigenvalue weighted by atomic mass is 10.2. The first-order valence-electron chi connectivity index (χ1n) is 6.77. The number of rotatable bonds is 7. The van der Waals surface area contributed by atoms with Gasteiger partial charge in [-0.05, 0) is 35.9 Å². The van der Waals surface area contributed by atoms with Gasteiger partial charge in [-0.2, -0.15) is 0 Å². The maximum atomic E-state index is 12.3. The number of sulfone groups is 1. The number of hydroxylamine groups is 1. The van der Waals surface area contributed by atoms with Crippen molar-refractivity contribution in [1.29, 1.82) is 0 Å². The number of amides is 1. The summed E-state index contributed by atoms with van der Waals surface area (Å²) >= 11 is 0. The molecule has 0 aliphatic heterocycles. The predicted octanol–water partition coefficient (Wildman–Crippen LogP) is 1.90. The third kappa shape index (κ3) is 4.73. The quantitative estimate of drug-likeness (QED) is 0.475. The van der Waals surface area contributed by atoms with Crippen molar-refractivity contribution in [2.24, 2.45) is 0 Å². The first-order chi connectivity index (χ1) is 11.0. The van der Waals surface area contributed by atoms with Crippen LogP contribution in [0, 0.1) is 0 Å². The molecule has 0 aliphatic carbocycles. The van der Waals surface area contributed by atoms with Crippen LogP contribution in [0.25, 0.3) is 0 Å². The summed E-state index contributed by atoms with van der Waals surface area (Å²) in [4.78, 5) is 20.6. The zero-order valence-corrected chi connectivity index (χ0v) is 13.1. The van der Waals surface area contributed by atoms with Crippen molar-refractivity contribution in [2.45, 2.75) is 10.6 Å². The number of pyridine rings is 1. The van der Waals surface area contributed by atoms with Gasteiger partial charge in [0.2, 0.25) is 0 Å². The second-order valence-corrected chi connectivity index (χ2v) is 6.67. The Morgan fingerprint density at radius 1 is 1.26 bits per heavy atom. The van der Waals surface area contributed by atoms with E-state index in [1.165, 1.54) is 36.5 Å². The molecule has 2 aromatic rings. The van der Waals surface area contributed by atoms with Crippen LogP contribution in [-0.2, 0) is 20.4 Å². The van der Waals surface area contributed by atoms with Crippen molar-refractivity contribution in [1.82, 2.24) is 10.5 Å². The molecule has 1 aromatic heterocycles. The highest BCUT2D eigenvalue weighted by molar-refractivity contribution is 7.90. The molecule has 0 atom stereocenters. The Morgan fingerprint density at radius 3 is 2.61 bits per heavy atom. The summed E-state index contributed by atoms with van der Waals surface area (Å²) in [5, 5.41) is 0. The Labute approximate surface area is 134 Å². The van der Waals surface area contributed by atoms with Crippen molar-refractivity contribution in [2.75, 3.05) is 6.61 Å². The van der Waals surface area contributed by atoms with Gasteiger partial charge >= 0.3 is 0 Å². The SMILES string of the molecule is C=CCONC(=O)c1ccc(S(=O)(=O)Cc2cccnc2)cc1. The third-order valence-corrected chi connectivity index (χ3v) is 4.62. The van der Waals surface area contributed by atoms with E-state index in [4.69, 9.17) is 4.84 Å². The molecule has 0 fully saturated rings. The van der Waals surface area contributed by atoms with Crippen molar-refractivity contribution >= 4 is 15.7 Å². The van der Waals surface area contributed by atoms with Crippen molar-refractivity contribution in [3.63, 3.8) is 0 Å². The molecule has 6 nitrogen and oxygen atoms in total. The molecular formula is C16H16N2O4S. The molecule has 1 aromatic carbocycles. The Kier molecular flexibility index (Phi) is 5.61. The minimum Gasteiger partial charge on any atom is -0.269 e. The van der Waals surface area contributed by atoms with E-state index in [0.29, 0.717) is 11.1 Å². The highest BCUT2D eigenvalue weighted by Crippen LogP contribution is 2.16.